The summed E-state index contributed by atoms with van der Waals surface area (Å²) in [5.41, 5.74) is 2.62. The standard InChI is InChI=1S/C24H28N2O4S/c1-5-10-30-20(28)14-31-23-17(13-25)21(15-6-8-16(29-4)9-7-15)22-18(26-23)11-24(2,3)12-19(22)27/h6-9,21,26H,5,10-12,14H2,1-4H3/t21-/m0/s1. The largest absolute Gasteiger partial charge is 0.497 e. The van der Waals surface area contributed by atoms with Crippen molar-refractivity contribution in [2.75, 3.05) is 19.5 Å². The first-order valence-corrected chi connectivity index (χ1v) is 11.4. The molecule has 6 nitrogen and oxygen atoms in total. The second-order valence-electron chi connectivity index (χ2n) is 8.53. The molecule has 0 saturated carbocycles. The van der Waals surface area contributed by atoms with E-state index in [0.717, 1.165) is 17.7 Å². The first kappa shape index (κ1) is 23.0. The number of methoxy groups -OCH3 is 1. The maximum atomic E-state index is 13.2. The van der Waals surface area contributed by atoms with Crippen molar-refractivity contribution in [3.8, 4) is 11.8 Å². The van der Waals surface area contributed by atoms with Gasteiger partial charge in [-0.25, -0.2) is 0 Å². The summed E-state index contributed by atoms with van der Waals surface area (Å²) in [4.78, 5) is 25.2. The molecule has 0 aromatic heterocycles. The molecule has 1 aromatic rings. The SMILES string of the molecule is CCCOC(=O)CSC1=C(C#N)[C@H](c2ccc(OC)cc2)C2=C(CC(C)(C)CC2=O)N1. The topological polar surface area (TPSA) is 88.4 Å². The molecule has 1 aromatic carbocycles. The van der Waals surface area contributed by atoms with E-state index in [4.69, 9.17) is 9.47 Å². The number of carbonyl (C=O) groups excluding carboxylic acids is 2. The van der Waals surface area contributed by atoms with Gasteiger partial charge in [-0.1, -0.05) is 44.7 Å². The van der Waals surface area contributed by atoms with E-state index >= 15 is 0 Å². The zero-order chi connectivity index (χ0) is 22.6. The van der Waals surface area contributed by atoms with Crippen LogP contribution in [0.3, 0.4) is 0 Å². The van der Waals surface area contributed by atoms with Gasteiger partial charge in [-0.15, -0.1) is 0 Å². The monoisotopic (exact) mass is 440 g/mol. The molecule has 31 heavy (non-hydrogen) atoms. The van der Waals surface area contributed by atoms with Crippen molar-refractivity contribution in [3.63, 3.8) is 0 Å². The molecule has 1 aliphatic carbocycles. The molecule has 0 unspecified atom stereocenters. The molecule has 0 bridgehead atoms. The molecule has 0 fully saturated rings. The summed E-state index contributed by atoms with van der Waals surface area (Å²) in [6.45, 7) is 6.45. The summed E-state index contributed by atoms with van der Waals surface area (Å²) in [6.07, 6.45) is 1.89. The minimum Gasteiger partial charge on any atom is -0.497 e. The lowest BCUT2D eigenvalue weighted by Crippen LogP contribution is -2.37. The number of carbonyl (C=O) groups is 2. The average molecular weight is 441 g/mol. The number of Topliss-reactive ketones (excluding diaryl/α,β-unsaturated/α-hetero) is 1. The Hall–Kier alpha value is -2.72. The van der Waals surface area contributed by atoms with E-state index < -0.39 is 5.92 Å². The number of hydrogen-bond donors (Lipinski definition) is 1. The molecule has 3 rings (SSSR count). The maximum absolute atomic E-state index is 13.2. The number of allylic oxidation sites excluding steroid dienone is 3. The predicted octanol–water partition coefficient (Wildman–Crippen LogP) is 4.45. The molecule has 1 heterocycles. The van der Waals surface area contributed by atoms with Gasteiger partial charge in [0.05, 0.1) is 42.1 Å². The van der Waals surface area contributed by atoms with Gasteiger partial charge in [0.2, 0.25) is 0 Å². The van der Waals surface area contributed by atoms with Gasteiger partial charge < -0.3 is 14.8 Å². The van der Waals surface area contributed by atoms with Gasteiger partial charge >= 0.3 is 5.97 Å². The van der Waals surface area contributed by atoms with Gasteiger partial charge in [-0.2, -0.15) is 5.26 Å². The van der Waals surface area contributed by atoms with Crippen molar-refractivity contribution in [2.45, 2.75) is 46.0 Å². The van der Waals surface area contributed by atoms with E-state index in [1.165, 1.54) is 11.8 Å². The van der Waals surface area contributed by atoms with Gasteiger partial charge in [0, 0.05) is 17.7 Å². The van der Waals surface area contributed by atoms with Crippen LogP contribution in [-0.4, -0.2) is 31.2 Å². The number of ketones is 1. The Kier molecular flexibility index (Phi) is 7.11. The number of thioether (sulfide) groups is 1. The Balaban J connectivity index is 2.01. The van der Waals surface area contributed by atoms with Crippen LogP contribution in [-0.2, 0) is 14.3 Å². The Morgan fingerprint density at radius 1 is 1.29 bits per heavy atom. The van der Waals surface area contributed by atoms with E-state index in [2.05, 4.69) is 25.2 Å². The van der Waals surface area contributed by atoms with Crippen LogP contribution >= 0.6 is 11.8 Å². The molecule has 0 saturated heterocycles. The van der Waals surface area contributed by atoms with Crippen LogP contribution in [0.5, 0.6) is 5.75 Å². The second-order valence-corrected chi connectivity index (χ2v) is 9.51. The Bertz CT molecular complexity index is 970. The fraction of sp³-hybridized carbons (Fsp3) is 0.458. The van der Waals surface area contributed by atoms with Gasteiger partial charge in [-0.3, -0.25) is 9.59 Å². The highest BCUT2D eigenvalue weighted by atomic mass is 32.2. The average Bonchev–Trinajstić information content (AvgIpc) is 2.74. The highest BCUT2D eigenvalue weighted by molar-refractivity contribution is 8.03. The highest BCUT2D eigenvalue weighted by Gasteiger charge is 2.42. The third-order valence-corrected chi connectivity index (χ3v) is 6.37. The third kappa shape index (κ3) is 5.13. The molecule has 2 aliphatic rings. The van der Waals surface area contributed by atoms with Crippen LogP contribution in [0.2, 0.25) is 0 Å². The molecular weight excluding hydrogens is 412 g/mol. The highest BCUT2D eigenvalue weighted by Crippen LogP contribution is 2.47. The van der Waals surface area contributed by atoms with E-state index in [9.17, 15) is 14.9 Å². The first-order chi connectivity index (χ1) is 14.8. The number of ether oxygens (including phenoxy) is 2. The molecule has 1 N–H and O–H groups in total. The van der Waals surface area contributed by atoms with Crippen molar-refractivity contribution in [1.82, 2.24) is 5.32 Å². The zero-order valence-corrected chi connectivity index (χ0v) is 19.2. The van der Waals surface area contributed by atoms with Crippen molar-refractivity contribution in [2.24, 2.45) is 5.41 Å². The van der Waals surface area contributed by atoms with Crippen LogP contribution in [0, 0.1) is 16.7 Å². The van der Waals surface area contributed by atoms with Gasteiger partial charge in [-0.05, 0) is 36.0 Å². The Morgan fingerprint density at radius 2 is 2.00 bits per heavy atom. The molecule has 0 amide bonds. The van der Waals surface area contributed by atoms with Crippen molar-refractivity contribution < 1.29 is 19.1 Å². The van der Waals surface area contributed by atoms with Crippen molar-refractivity contribution in [1.29, 1.82) is 5.26 Å². The van der Waals surface area contributed by atoms with E-state index in [0.29, 0.717) is 41.4 Å². The molecule has 1 atom stereocenters. The fourth-order valence-electron chi connectivity index (χ4n) is 4.01. The zero-order valence-electron chi connectivity index (χ0n) is 18.4. The van der Waals surface area contributed by atoms with Crippen LogP contribution in [0.15, 0.2) is 46.1 Å². The Labute approximate surface area is 187 Å². The van der Waals surface area contributed by atoms with Crippen LogP contribution in [0.1, 0.15) is 51.5 Å². The lowest BCUT2D eigenvalue weighted by atomic mass is 9.69. The fourth-order valence-corrected chi connectivity index (χ4v) is 4.87. The number of nitrogens with one attached hydrogen (secondary N) is 1. The molecule has 7 heteroatoms. The van der Waals surface area contributed by atoms with Gasteiger partial charge in [0.25, 0.3) is 0 Å². The second kappa shape index (κ2) is 9.61. The number of benzene rings is 1. The van der Waals surface area contributed by atoms with Crippen molar-refractivity contribution in [3.05, 3.63) is 51.7 Å². The Morgan fingerprint density at radius 3 is 2.61 bits per heavy atom. The number of rotatable bonds is 7. The van der Waals surface area contributed by atoms with E-state index in [1.54, 1.807) is 7.11 Å². The summed E-state index contributed by atoms with van der Waals surface area (Å²) in [6, 6.07) is 9.74. The number of nitrogens with zero attached hydrogens (tertiary/aromatic N) is 1. The smallest absolute Gasteiger partial charge is 0.316 e. The lowest BCUT2D eigenvalue weighted by Gasteiger charge is -2.39. The summed E-state index contributed by atoms with van der Waals surface area (Å²) in [5.74, 6) is 0.0738. The van der Waals surface area contributed by atoms with Gasteiger partial charge in [0.1, 0.15) is 5.75 Å². The molecular formula is C24H28N2O4S. The number of dihydropyridines is 1. The van der Waals surface area contributed by atoms with Crippen LogP contribution < -0.4 is 10.1 Å². The van der Waals surface area contributed by atoms with Gasteiger partial charge in [0.15, 0.2) is 5.78 Å². The molecule has 0 spiro atoms. The van der Waals surface area contributed by atoms with Crippen molar-refractivity contribution >= 4 is 23.5 Å². The summed E-state index contributed by atoms with van der Waals surface area (Å²) in [5, 5.41) is 14.0. The predicted molar refractivity (Wildman–Crippen MR) is 120 cm³/mol. The number of esters is 1. The first-order valence-electron chi connectivity index (χ1n) is 10.4. The lowest BCUT2D eigenvalue weighted by molar-refractivity contribution is -0.140. The summed E-state index contributed by atoms with van der Waals surface area (Å²) >= 11 is 1.25. The maximum Gasteiger partial charge on any atom is 0.316 e. The van der Waals surface area contributed by atoms with E-state index in [-0.39, 0.29) is 22.9 Å². The third-order valence-electron chi connectivity index (χ3n) is 5.38. The van der Waals surface area contributed by atoms with Crippen LogP contribution in [0.4, 0.5) is 0 Å². The molecule has 164 valence electrons. The van der Waals surface area contributed by atoms with E-state index in [1.807, 2.05) is 31.2 Å². The molecule has 0 radical (unpaired) electrons. The molecule has 1 aliphatic heterocycles. The minimum absolute atomic E-state index is 0.0544. The summed E-state index contributed by atoms with van der Waals surface area (Å²) < 4.78 is 10.4. The quantitative estimate of drug-likeness (QED) is 0.627. The number of nitriles is 1. The summed E-state index contributed by atoms with van der Waals surface area (Å²) in [7, 11) is 1.60. The number of hydrogen-bond acceptors (Lipinski definition) is 7. The van der Waals surface area contributed by atoms with Crippen LogP contribution in [0.25, 0.3) is 0 Å². The normalized spacial score (nSPS) is 20.0. The minimum atomic E-state index is -0.468.